The van der Waals surface area contributed by atoms with Crippen molar-refractivity contribution >= 4 is 21.6 Å². The lowest BCUT2D eigenvalue weighted by Gasteiger charge is -2.15. The van der Waals surface area contributed by atoms with Gasteiger partial charge in [0.2, 0.25) is 0 Å². The van der Waals surface area contributed by atoms with Gasteiger partial charge in [0.05, 0.1) is 6.20 Å². The average Bonchev–Trinajstić information content (AvgIpc) is 2.83. The van der Waals surface area contributed by atoms with Crippen molar-refractivity contribution in [3.63, 3.8) is 0 Å². The molecule has 1 N–H and O–H groups in total. The number of nitrogens with zero attached hydrogens (tertiary/aromatic N) is 2. The molecule has 1 aromatic heterocycles. The van der Waals surface area contributed by atoms with Crippen LogP contribution in [0.15, 0.2) is 11.2 Å². The molecule has 0 spiro atoms. The Labute approximate surface area is 114 Å². The molecule has 7 heteroatoms. The number of aromatic nitrogens is 2. The molecule has 0 aliphatic rings. The first-order chi connectivity index (χ1) is 8.52. The van der Waals surface area contributed by atoms with Crippen LogP contribution in [0.1, 0.15) is 32.0 Å². The Morgan fingerprint density at radius 2 is 2.11 bits per heavy atom. The maximum atomic E-state index is 12.2. The predicted molar refractivity (Wildman–Crippen MR) is 72.4 cm³/mol. The lowest BCUT2D eigenvalue weighted by atomic mass is 10.2. The topological polar surface area (TPSA) is 66.1 Å². The molecule has 1 heterocycles. The Morgan fingerprint density at radius 1 is 1.39 bits per heavy atom. The van der Waals surface area contributed by atoms with Crippen LogP contribution in [-0.2, 0) is 16.4 Å². The Balaban J connectivity index is 2.62. The van der Waals surface area contributed by atoms with Gasteiger partial charge in [-0.3, -0.25) is 0 Å². The number of sulfonamides is 1. The van der Waals surface area contributed by atoms with Gasteiger partial charge >= 0.3 is 0 Å². The minimum absolute atomic E-state index is 0.166. The molecule has 5 nitrogen and oxygen atoms in total. The molecule has 104 valence electrons. The lowest BCUT2D eigenvalue weighted by molar-refractivity contribution is 0.452. The van der Waals surface area contributed by atoms with E-state index in [0.29, 0.717) is 24.7 Å². The molecule has 18 heavy (non-hydrogen) atoms. The van der Waals surface area contributed by atoms with Gasteiger partial charge in [0.15, 0.2) is 5.03 Å². The molecule has 0 radical (unpaired) electrons. The van der Waals surface area contributed by atoms with E-state index in [1.54, 1.807) is 7.05 Å². The van der Waals surface area contributed by atoms with Gasteiger partial charge in [-0.1, -0.05) is 13.3 Å². The number of alkyl halides is 1. The fourth-order valence-corrected chi connectivity index (χ4v) is 2.87. The zero-order valence-electron chi connectivity index (χ0n) is 10.8. The van der Waals surface area contributed by atoms with Gasteiger partial charge in [-0.05, 0) is 12.8 Å². The number of aryl methyl sites for hydroxylation is 1. The molecule has 0 bridgehead atoms. The number of hydrogen-bond donors (Lipinski definition) is 1. The molecule has 0 unspecified atom stereocenters. The minimum atomic E-state index is -3.43. The fourth-order valence-electron chi connectivity index (χ4n) is 1.55. The number of H-pyrrole nitrogens is 1. The molecule has 0 atom stereocenters. The Hall–Kier alpha value is -0.590. The highest BCUT2D eigenvalue weighted by atomic mass is 35.5. The molecule has 0 aromatic carbocycles. The van der Waals surface area contributed by atoms with Crippen molar-refractivity contribution < 1.29 is 8.42 Å². The van der Waals surface area contributed by atoms with Gasteiger partial charge in [-0.2, -0.15) is 4.31 Å². The first-order valence-electron chi connectivity index (χ1n) is 6.08. The van der Waals surface area contributed by atoms with Crippen molar-refractivity contribution in [2.45, 2.75) is 37.6 Å². The molecule has 1 aromatic rings. The highest BCUT2D eigenvalue weighted by molar-refractivity contribution is 7.89. The van der Waals surface area contributed by atoms with Crippen LogP contribution in [0.4, 0.5) is 0 Å². The molecule has 0 fully saturated rings. The van der Waals surface area contributed by atoms with Crippen molar-refractivity contribution in [2.24, 2.45) is 0 Å². The summed E-state index contributed by atoms with van der Waals surface area (Å²) >= 11 is 5.58. The summed E-state index contributed by atoms with van der Waals surface area (Å²) in [5, 5.41) is 0.166. The molecular weight excluding hydrogens is 274 g/mol. The van der Waals surface area contributed by atoms with Gasteiger partial charge in [0.25, 0.3) is 10.0 Å². The summed E-state index contributed by atoms with van der Waals surface area (Å²) in [6.07, 6.45) is 4.74. The van der Waals surface area contributed by atoms with Crippen molar-refractivity contribution in [3.05, 3.63) is 12.0 Å². The predicted octanol–water partition coefficient (Wildman–Crippen LogP) is 2.00. The largest absolute Gasteiger partial charge is 0.332 e. The smallest absolute Gasteiger partial charge is 0.259 e. The molecule has 0 aliphatic heterocycles. The third kappa shape index (κ3) is 3.96. The van der Waals surface area contributed by atoms with Crippen LogP contribution in [0.25, 0.3) is 0 Å². The monoisotopic (exact) mass is 293 g/mol. The normalized spacial score (nSPS) is 12.2. The van der Waals surface area contributed by atoms with E-state index in [1.165, 1.54) is 10.5 Å². The maximum absolute atomic E-state index is 12.2. The van der Waals surface area contributed by atoms with E-state index < -0.39 is 10.0 Å². The summed E-state index contributed by atoms with van der Waals surface area (Å²) in [6.45, 7) is 2.42. The van der Waals surface area contributed by atoms with E-state index in [2.05, 4.69) is 9.97 Å². The van der Waals surface area contributed by atoms with E-state index in [4.69, 9.17) is 11.6 Å². The van der Waals surface area contributed by atoms with E-state index in [0.717, 1.165) is 19.3 Å². The second-order valence-corrected chi connectivity index (χ2v) is 6.52. The van der Waals surface area contributed by atoms with Crippen LogP contribution in [0.3, 0.4) is 0 Å². The average molecular weight is 294 g/mol. The second kappa shape index (κ2) is 7.11. The third-order valence-electron chi connectivity index (χ3n) is 2.73. The number of rotatable bonds is 8. The van der Waals surface area contributed by atoms with Gasteiger partial charge in [-0.15, -0.1) is 11.6 Å². The molecule has 0 amide bonds. The van der Waals surface area contributed by atoms with E-state index >= 15 is 0 Å². The van der Waals surface area contributed by atoms with Crippen molar-refractivity contribution in [2.75, 3.05) is 19.5 Å². The molecule has 0 saturated carbocycles. The van der Waals surface area contributed by atoms with Gasteiger partial charge in [0.1, 0.15) is 5.82 Å². The van der Waals surface area contributed by atoms with Crippen LogP contribution in [0, 0.1) is 0 Å². The summed E-state index contributed by atoms with van der Waals surface area (Å²) in [5.41, 5.74) is 0. The maximum Gasteiger partial charge on any atom is 0.259 e. The summed E-state index contributed by atoms with van der Waals surface area (Å²) in [7, 11) is -1.85. The Kier molecular flexibility index (Phi) is 6.11. The fraction of sp³-hybridized carbons (Fsp3) is 0.727. The summed E-state index contributed by atoms with van der Waals surface area (Å²) in [6, 6.07) is 0. The van der Waals surface area contributed by atoms with Crippen LogP contribution in [-0.4, -0.2) is 42.2 Å². The zero-order valence-corrected chi connectivity index (χ0v) is 12.4. The Bertz CT molecular complexity index is 459. The van der Waals surface area contributed by atoms with Gasteiger partial charge in [-0.25, -0.2) is 13.4 Å². The Morgan fingerprint density at radius 3 is 2.67 bits per heavy atom. The van der Waals surface area contributed by atoms with Crippen LogP contribution >= 0.6 is 11.6 Å². The lowest BCUT2D eigenvalue weighted by Crippen LogP contribution is -2.28. The highest BCUT2D eigenvalue weighted by Crippen LogP contribution is 2.13. The number of aromatic amines is 1. The number of halogens is 1. The zero-order chi connectivity index (χ0) is 13.6. The quantitative estimate of drug-likeness (QED) is 0.589. The number of imidazole rings is 1. The van der Waals surface area contributed by atoms with Crippen molar-refractivity contribution in [3.8, 4) is 0 Å². The summed E-state index contributed by atoms with van der Waals surface area (Å²) in [4.78, 5) is 6.84. The SMILES string of the molecule is CCc1ncc(S(=O)(=O)N(C)CCCCCCl)[nH]1. The van der Waals surface area contributed by atoms with E-state index in [-0.39, 0.29) is 5.03 Å². The van der Waals surface area contributed by atoms with Crippen LogP contribution in [0.5, 0.6) is 0 Å². The summed E-state index contributed by atoms with van der Waals surface area (Å²) < 4.78 is 25.7. The first-order valence-corrected chi connectivity index (χ1v) is 8.06. The summed E-state index contributed by atoms with van der Waals surface area (Å²) in [5.74, 6) is 1.31. The molecular formula is C11H20ClN3O2S. The highest BCUT2D eigenvalue weighted by Gasteiger charge is 2.22. The van der Waals surface area contributed by atoms with E-state index in [9.17, 15) is 8.42 Å². The van der Waals surface area contributed by atoms with Gasteiger partial charge < -0.3 is 4.98 Å². The standard InChI is InChI=1S/C11H20ClN3O2S/c1-3-10-13-9-11(14-10)18(16,17)15(2)8-6-4-5-7-12/h9H,3-8H2,1-2H3,(H,13,14). The number of unbranched alkanes of at least 4 members (excludes halogenated alkanes) is 2. The minimum Gasteiger partial charge on any atom is -0.332 e. The van der Waals surface area contributed by atoms with Crippen LogP contribution < -0.4 is 0 Å². The molecule has 0 aliphatic carbocycles. The van der Waals surface area contributed by atoms with E-state index in [1.807, 2.05) is 6.92 Å². The van der Waals surface area contributed by atoms with Gasteiger partial charge in [0, 0.05) is 25.9 Å². The molecule has 1 rings (SSSR count). The number of hydrogen-bond acceptors (Lipinski definition) is 3. The van der Waals surface area contributed by atoms with Crippen molar-refractivity contribution in [1.29, 1.82) is 0 Å². The first kappa shape index (κ1) is 15.5. The second-order valence-electron chi connectivity index (χ2n) is 4.12. The van der Waals surface area contributed by atoms with Crippen molar-refractivity contribution in [1.82, 2.24) is 14.3 Å². The number of nitrogens with one attached hydrogen (secondary N) is 1. The van der Waals surface area contributed by atoms with Crippen LogP contribution in [0.2, 0.25) is 0 Å². The molecule has 0 saturated heterocycles. The third-order valence-corrected chi connectivity index (χ3v) is 4.77.